The van der Waals surface area contributed by atoms with E-state index in [-0.39, 0.29) is 17.6 Å². The molecule has 2 aromatic rings. The molecule has 2 rings (SSSR count). The second kappa shape index (κ2) is 5.84. The molecule has 19 heavy (non-hydrogen) atoms. The molecule has 4 nitrogen and oxygen atoms in total. The molecular weight excluding hydrogens is 245 g/mol. The fourth-order valence-electron chi connectivity index (χ4n) is 1.90. The van der Waals surface area contributed by atoms with Crippen LogP contribution >= 0.6 is 0 Å². The first-order chi connectivity index (χ1) is 9.11. The highest BCUT2D eigenvalue weighted by Crippen LogP contribution is 2.22. The molecule has 1 aromatic carbocycles. The Morgan fingerprint density at radius 2 is 2.21 bits per heavy atom. The molecule has 1 N–H and O–H groups in total. The zero-order valence-electron chi connectivity index (χ0n) is 11.4. The van der Waals surface area contributed by atoms with Crippen molar-refractivity contribution >= 4 is 0 Å². The van der Waals surface area contributed by atoms with Crippen LogP contribution in [0.1, 0.15) is 24.2 Å². The highest BCUT2D eigenvalue weighted by molar-refractivity contribution is 5.31. The molecule has 1 atom stereocenters. The van der Waals surface area contributed by atoms with Gasteiger partial charge in [-0.2, -0.15) is 5.10 Å². The minimum atomic E-state index is -0.343. The van der Waals surface area contributed by atoms with Gasteiger partial charge in [-0.05, 0) is 30.7 Å². The molecule has 0 aliphatic heterocycles. The summed E-state index contributed by atoms with van der Waals surface area (Å²) < 4.78 is 20.2. The van der Waals surface area contributed by atoms with Crippen LogP contribution in [0.3, 0.4) is 0 Å². The standard InChI is InChI=1S/C14H18FN3O/c1-10(16-9-12-6-7-17-18(12)2)11-4-5-13(15)14(8-11)19-3/h4-8,10,16H,9H2,1-3H3. The SMILES string of the molecule is COc1cc(C(C)NCc2ccnn2C)ccc1F. The average Bonchev–Trinajstić information content (AvgIpc) is 2.82. The van der Waals surface area contributed by atoms with Crippen LogP contribution in [-0.4, -0.2) is 16.9 Å². The van der Waals surface area contributed by atoms with Gasteiger partial charge in [0.1, 0.15) is 0 Å². The summed E-state index contributed by atoms with van der Waals surface area (Å²) in [6.07, 6.45) is 1.77. The van der Waals surface area contributed by atoms with E-state index in [9.17, 15) is 4.39 Å². The third-order valence-electron chi connectivity index (χ3n) is 3.19. The summed E-state index contributed by atoms with van der Waals surface area (Å²) in [6.45, 7) is 2.74. The second-order valence-corrected chi connectivity index (χ2v) is 4.44. The fraction of sp³-hybridized carbons (Fsp3) is 0.357. The molecule has 0 amide bonds. The molecule has 0 radical (unpaired) electrons. The molecule has 0 spiro atoms. The van der Waals surface area contributed by atoms with Crippen molar-refractivity contribution in [3.63, 3.8) is 0 Å². The van der Waals surface area contributed by atoms with Gasteiger partial charge < -0.3 is 10.1 Å². The van der Waals surface area contributed by atoms with Crippen LogP contribution in [0.4, 0.5) is 4.39 Å². The van der Waals surface area contributed by atoms with Crippen molar-refractivity contribution in [1.29, 1.82) is 0 Å². The van der Waals surface area contributed by atoms with Gasteiger partial charge in [0.05, 0.1) is 12.8 Å². The quantitative estimate of drug-likeness (QED) is 0.900. The number of aryl methyl sites for hydroxylation is 1. The van der Waals surface area contributed by atoms with Gasteiger partial charge in [0.25, 0.3) is 0 Å². The Morgan fingerprint density at radius 3 is 2.84 bits per heavy atom. The predicted molar refractivity (Wildman–Crippen MR) is 71.4 cm³/mol. The first-order valence-electron chi connectivity index (χ1n) is 6.15. The van der Waals surface area contributed by atoms with Crippen LogP contribution in [0.15, 0.2) is 30.5 Å². The van der Waals surface area contributed by atoms with Crippen molar-refractivity contribution in [2.24, 2.45) is 7.05 Å². The van der Waals surface area contributed by atoms with Gasteiger partial charge in [-0.3, -0.25) is 4.68 Å². The summed E-state index contributed by atoms with van der Waals surface area (Å²) in [5.41, 5.74) is 2.08. The first kappa shape index (κ1) is 13.5. The molecular formula is C14H18FN3O. The minimum Gasteiger partial charge on any atom is -0.494 e. The first-order valence-corrected chi connectivity index (χ1v) is 6.15. The van der Waals surface area contributed by atoms with Crippen LogP contribution in [0.2, 0.25) is 0 Å². The van der Waals surface area contributed by atoms with Gasteiger partial charge in [0.2, 0.25) is 0 Å². The van der Waals surface area contributed by atoms with Crippen molar-refractivity contribution in [2.75, 3.05) is 7.11 Å². The van der Waals surface area contributed by atoms with E-state index in [1.807, 2.05) is 24.7 Å². The summed E-state index contributed by atoms with van der Waals surface area (Å²) in [7, 11) is 3.37. The highest BCUT2D eigenvalue weighted by Gasteiger charge is 2.10. The summed E-state index contributed by atoms with van der Waals surface area (Å²) in [4.78, 5) is 0. The lowest BCUT2D eigenvalue weighted by molar-refractivity contribution is 0.385. The number of nitrogens with one attached hydrogen (secondary N) is 1. The lowest BCUT2D eigenvalue weighted by atomic mass is 10.1. The average molecular weight is 263 g/mol. The number of halogens is 1. The number of benzene rings is 1. The summed E-state index contributed by atoms with van der Waals surface area (Å²) in [6, 6.07) is 6.97. The summed E-state index contributed by atoms with van der Waals surface area (Å²) in [5.74, 6) is -0.0724. The largest absolute Gasteiger partial charge is 0.494 e. The third-order valence-corrected chi connectivity index (χ3v) is 3.19. The van der Waals surface area contributed by atoms with Crippen LogP contribution in [0.25, 0.3) is 0 Å². The van der Waals surface area contributed by atoms with E-state index >= 15 is 0 Å². The Kier molecular flexibility index (Phi) is 4.16. The van der Waals surface area contributed by atoms with E-state index in [2.05, 4.69) is 10.4 Å². The van der Waals surface area contributed by atoms with E-state index < -0.39 is 0 Å². The Morgan fingerprint density at radius 1 is 1.42 bits per heavy atom. The minimum absolute atomic E-state index is 0.101. The van der Waals surface area contributed by atoms with Crippen LogP contribution in [-0.2, 0) is 13.6 Å². The molecule has 0 bridgehead atoms. The normalized spacial score (nSPS) is 12.4. The van der Waals surface area contributed by atoms with Gasteiger partial charge in [0.15, 0.2) is 11.6 Å². The third kappa shape index (κ3) is 3.12. The highest BCUT2D eigenvalue weighted by atomic mass is 19.1. The Labute approximate surface area is 112 Å². The summed E-state index contributed by atoms with van der Waals surface area (Å²) >= 11 is 0. The maximum absolute atomic E-state index is 13.3. The molecule has 0 fully saturated rings. The van der Waals surface area contributed by atoms with E-state index in [0.29, 0.717) is 6.54 Å². The van der Waals surface area contributed by atoms with E-state index in [1.54, 1.807) is 18.3 Å². The molecule has 1 aromatic heterocycles. The maximum atomic E-state index is 13.3. The maximum Gasteiger partial charge on any atom is 0.165 e. The van der Waals surface area contributed by atoms with E-state index in [4.69, 9.17) is 4.74 Å². The molecule has 1 heterocycles. The molecule has 1 unspecified atom stereocenters. The van der Waals surface area contributed by atoms with E-state index in [0.717, 1.165) is 11.3 Å². The van der Waals surface area contributed by atoms with Gasteiger partial charge in [-0.25, -0.2) is 4.39 Å². The molecule has 0 saturated carbocycles. The van der Waals surface area contributed by atoms with E-state index in [1.165, 1.54) is 13.2 Å². The van der Waals surface area contributed by atoms with Crippen molar-refractivity contribution in [3.8, 4) is 5.75 Å². The zero-order chi connectivity index (χ0) is 13.8. The molecule has 0 aliphatic rings. The van der Waals surface area contributed by atoms with Gasteiger partial charge in [0, 0.05) is 25.8 Å². The second-order valence-electron chi connectivity index (χ2n) is 4.44. The van der Waals surface area contributed by atoms with Crippen LogP contribution < -0.4 is 10.1 Å². The summed E-state index contributed by atoms with van der Waals surface area (Å²) in [5, 5.41) is 7.49. The molecule has 5 heteroatoms. The predicted octanol–water partition coefficient (Wildman–Crippen LogP) is 2.42. The number of aromatic nitrogens is 2. The molecule has 0 aliphatic carbocycles. The smallest absolute Gasteiger partial charge is 0.165 e. The van der Waals surface area contributed by atoms with Gasteiger partial charge in [-0.15, -0.1) is 0 Å². The number of hydrogen-bond donors (Lipinski definition) is 1. The van der Waals surface area contributed by atoms with Crippen molar-refractivity contribution in [2.45, 2.75) is 19.5 Å². The topological polar surface area (TPSA) is 39.1 Å². The number of methoxy groups -OCH3 is 1. The van der Waals surface area contributed by atoms with Crippen LogP contribution in [0, 0.1) is 5.82 Å². The Balaban J connectivity index is 2.03. The Hall–Kier alpha value is -1.88. The monoisotopic (exact) mass is 263 g/mol. The molecule has 0 saturated heterocycles. The lowest BCUT2D eigenvalue weighted by Gasteiger charge is -2.15. The van der Waals surface area contributed by atoms with Gasteiger partial charge >= 0.3 is 0 Å². The molecule has 102 valence electrons. The fourth-order valence-corrected chi connectivity index (χ4v) is 1.90. The number of rotatable bonds is 5. The lowest BCUT2D eigenvalue weighted by Crippen LogP contribution is -2.19. The number of hydrogen-bond acceptors (Lipinski definition) is 3. The van der Waals surface area contributed by atoms with Crippen molar-refractivity contribution in [3.05, 3.63) is 47.5 Å². The van der Waals surface area contributed by atoms with Crippen LogP contribution in [0.5, 0.6) is 5.75 Å². The van der Waals surface area contributed by atoms with Gasteiger partial charge in [-0.1, -0.05) is 6.07 Å². The zero-order valence-corrected chi connectivity index (χ0v) is 11.4. The van der Waals surface area contributed by atoms with Crippen molar-refractivity contribution in [1.82, 2.24) is 15.1 Å². The number of ether oxygens (including phenoxy) is 1. The number of nitrogens with zero attached hydrogens (tertiary/aromatic N) is 2. The van der Waals surface area contributed by atoms with Crippen molar-refractivity contribution < 1.29 is 9.13 Å². The Bertz CT molecular complexity index is 553.